The zero-order valence-electron chi connectivity index (χ0n) is 11.2. The van der Waals surface area contributed by atoms with Gasteiger partial charge >= 0.3 is 0 Å². The monoisotopic (exact) mass is 257 g/mol. The third kappa shape index (κ3) is 2.91. The molecule has 2 aromatic rings. The van der Waals surface area contributed by atoms with Gasteiger partial charge in [-0.05, 0) is 37.1 Å². The van der Waals surface area contributed by atoms with E-state index in [9.17, 15) is 0 Å². The van der Waals surface area contributed by atoms with Crippen LogP contribution >= 0.6 is 0 Å². The van der Waals surface area contributed by atoms with E-state index in [0.717, 1.165) is 23.3 Å². The van der Waals surface area contributed by atoms with Crippen molar-refractivity contribution in [3.63, 3.8) is 0 Å². The van der Waals surface area contributed by atoms with Crippen LogP contribution in [-0.2, 0) is 13.0 Å². The first-order valence-corrected chi connectivity index (χ1v) is 6.09. The summed E-state index contributed by atoms with van der Waals surface area (Å²) >= 11 is 0. The second-order valence-corrected chi connectivity index (χ2v) is 4.30. The number of nitriles is 1. The second-order valence-electron chi connectivity index (χ2n) is 4.30. The number of hydrogen-bond acceptors (Lipinski definition) is 5. The Hall–Kier alpha value is -2.35. The lowest BCUT2D eigenvalue weighted by atomic mass is 10.1. The Morgan fingerprint density at radius 1 is 1.32 bits per heavy atom. The molecule has 0 atom stereocenters. The molecule has 0 N–H and O–H groups in total. The molecule has 0 aliphatic heterocycles. The molecule has 0 aliphatic carbocycles. The van der Waals surface area contributed by atoms with Crippen molar-refractivity contribution in [1.29, 1.82) is 5.26 Å². The predicted molar refractivity (Wildman–Crippen MR) is 68.6 cm³/mol. The van der Waals surface area contributed by atoms with Crippen molar-refractivity contribution in [2.24, 2.45) is 0 Å². The summed E-state index contributed by atoms with van der Waals surface area (Å²) in [5.74, 6) is 1.89. The summed E-state index contributed by atoms with van der Waals surface area (Å²) in [5, 5.41) is 12.7. The number of nitrogens with zero attached hydrogens (tertiary/aromatic N) is 3. The van der Waals surface area contributed by atoms with Crippen molar-refractivity contribution in [2.45, 2.75) is 33.8 Å². The molecule has 0 amide bonds. The van der Waals surface area contributed by atoms with Gasteiger partial charge in [0.05, 0.1) is 11.6 Å². The van der Waals surface area contributed by atoms with E-state index in [1.807, 2.05) is 20.8 Å². The van der Waals surface area contributed by atoms with Crippen LogP contribution < -0.4 is 4.74 Å². The van der Waals surface area contributed by atoms with Gasteiger partial charge in [0, 0.05) is 6.42 Å². The standard InChI is InChI=1S/C14H15N3O2/c1-4-12-16-13(19-17-12)8-18-14-9(2)5-11(7-15)6-10(14)3/h5-6H,4,8H2,1-3H3. The minimum absolute atomic E-state index is 0.237. The van der Waals surface area contributed by atoms with E-state index in [1.54, 1.807) is 12.1 Å². The number of rotatable bonds is 4. The van der Waals surface area contributed by atoms with Crippen LogP contribution in [0.4, 0.5) is 0 Å². The molecule has 0 fully saturated rings. The Kier molecular flexibility index (Phi) is 3.81. The molecule has 98 valence electrons. The minimum Gasteiger partial charge on any atom is -0.483 e. The van der Waals surface area contributed by atoms with Crippen LogP contribution in [0.15, 0.2) is 16.7 Å². The number of hydrogen-bond donors (Lipinski definition) is 0. The van der Waals surface area contributed by atoms with Gasteiger partial charge in [-0.3, -0.25) is 0 Å². The van der Waals surface area contributed by atoms with Crippen LogP contribution in [-0.4, -0.2) is 10.1 Å². The molecular formula is C14H15N3O2. The van der Waals surface area contributed by atoms with E-state index in [-0.39, 0.29) is 6.61 Å². The normalized spacial score (nSPS) is 10.2. The molecular weight excluding hydrogens is 242 g/mol. The lowest BCUT2D eigenvalue weighted by Crippen LogP contribution is -2.00. The second kappa shape index (κ2) is 5.53. The Balaban J connectivity index is 2.13. The molecule has 1 heterocycles. The highest BCUT2D eigenvalue weighted by molar-refractivity contribution is 5.47. The van der Waals surface area contributed by atoms with Crippen LogP contribution in [0, 0.1) is 25.2 Å². The average molecular weight is 257 g/mol. The van der Waals surface area contributed by atoms with Crippen LogP contribution in [0.2, 0.25) is 0 Å². The molecule has 5 heteroatoms. The number of benzene rings is 1. The lowest BCUT2D eigenvalue weighted by Gasteiger charge is -2.10. The van der Waals surface area contributed by atoms with Crippen molar-refractivity contribution in [1.82, 2.24) is 10.1 Å². The van der Waals surface area contributed by atoms with Gasteiger partial charge < -0.3 is 9.26 Å². The summed E-state index contributed by atoms with van der Waals surface area (Å²) < 4.78 is 10.8. The zero-order chi connectivity index (χ0) is 13.8. The zero-order valence-corrected chi connectivity index (χ0v) is 11.2. The summed E-state index contributed by atoms with van der Waals surface area (Å²) in [6, 6.07) is 5.72. The smallest absolute Gasteiger partial charge is 0.264 e. The summed E-state index contributed by atoms with van der Waals surface area (Å²) in [4.78, 5) is 4.18. The number of aryl methyl sites for hydroxylation is 3. The maximum Gasteiger partial charge on any atom is 0.264 e. The molecule has 1 aromatic heterocycles. The Morgan fingerprint density at radius 2 is 2.00 bits per heavy atom. The molecule has 0 radical (unpaired) electrons. The molecule has 5 nitrogen and oxygen atoms in total. The van der Waals surface area contributed by atoms with E-state index < -0.39 is 0 Å². The molecule has 2 rings (SSSR count). The summed E-state index contributed by atoms with van der Waals surface area (Å²) in [6.07, 6.45) is 0.735. The highest BCUT2D eigenvalue weighted by atomic mass is 16.5. The van der Waals surface area contributed by atoms with Gasteiger partial charge in [-0.1, -0.05) is 12.1 Å². The van der Waals surface area contributed by atoms with Crippen molar-refractivity contribution >= 4 is 0 Å². The summed E-state index contributed by atoms with van der Waals surface area (Å²) in [6.45, 7) is 6.02. The van der Waals surface area contributed by atoms with Crippen LogP contribution in [0.1, 0.15) is 35.3 Å². The average Bonchev–Trinajstić information content (AvgIpc) is 2.85. The lowest BCUT2D eigenvalue weighted by molar-refractivity contribution is 0.240. The molecule has 0 bridgehead atoms. The first kappa shape index (κ1) is 13.1. The van der Waals surface area contributed by atoms with Gasteiger partial charge in [0.2, 0.25) is 0 Å². The highest BCUT2D eigenvalue weighted by Gasteiger charge is 2.10. The Morgan fingerprint density at radius 3 is 2.53 bits per heavy atom. The van der Waals surface area contributed by atoms with Crippen LogP contribution in [0.5, 0.6) is 5.75 Å². The molecule has 0 spiro atoms. The molecule has 19 heavy (non-hydrogen) atoms. The van der Waals surface area contributed by atoms with E-state index >= 15 is 0 Å². The van der Waals surface area contributed by atoms with Crippen molar-refractivity contribution in [2.75, 3.05) is 0 Å². The molecule has 0 aliphatic rings. The topological polar surface area (TPSA) is 71.9 Å². The van der Waals surface area contributed by atoms with E-state index in [2.05, 4.69) is 16.2 Å². The van der Waals surface area contributed by atoms with Gasteiger partial charge in [-0.15, -0.1) is 0 Å². The Labute approximate surface area is 111 Å². The van der Waals surface area contributed by atoms with Gasteiger partial charge in [-0.2, -0.15) is 10.2 Å². The van der Waals surface area contributed by atoms with E-state index in [1.165, 1.54) is 0 Å². The summed E-state index contributed by atoms with van der Waals surface area (Å²) in [7, 11) is 0. The van der Waals surface area contributed by atoms with Gasteiger partial charge in [0.1, 0.15) is 5.75 Å². The molecule has 0 saturated heterocycles. The Bertz CT molecular complexity index is 603. The van der Waals surface area contributed by atoms with Crippen molar-refractivity contribution < 1.29 is 9.26 Å². The largest absolute Gasteiger partial charge is 0.483 e. The van der Waals surface area contributed by atoms with Crippen LogP contribution in [0.3, 0.4) is 0 Å². The fourth-order valence-electron chi connectivity index (χ4n) is 1.87. The highest BCUT2D eigenvalue weighted by Crippen LogP contribution is 2.25. The number of ether oxygens (including phenoxy) is 1. The molecule has 0 saturated carbocycles. The summed E-state index contributed by atoms with van der Waals surface area (Å²) in [5.41, 5.74) is 2.48. The van der Waals surface area contributed by atoms with E-state index in [4.69, 9.17) is 14.5 Å². The van der Waals surface area contributed by atoms with Gasteiger partial charge in [0.15, 0.2) is 12.4 Å². The molecule has 0 unspecified atom stereocenters. The van der Waals surface area contributed by atoms with Crippen LogP contribution in [0.25, 0.3) is 0 Å². The minimum atomic E-state index is 0.237. The van der Waals surface area contributed by atoms with Crippen molar-refractivity contribution in [3.05, 3.63) is 40.5 Å². The SMILES string of the molecule is CCc1noc(COc2c(C)cc(C#N)cc2C)n1. The maximum atomic E-state index is 8.89. The first-order valence-electron chi connectivity index (χ1n) is 6.09. The first-order chi connectivity index (χ1) is 9.13. The predicted octanol–water partition coefficient (Wildman–Crippen LogP) is 2.70. The maximum absolute atomic E-state index is 8.89. The third-order valence-corrected chi connectivity index (χ3v) is 2.76. The van der Waals surface area contributed by atoms with Gasteiger partial charge in [-0.25, -0.2) is 0 Å². The van der Waals surface area contributed by atoms with Gasteiger partial charge in [0.25, 0.3) is 5.89 Å². The van der Waals surface area contributed by atoms with E-state index in [0.29, 0.717) is 17.3 Å². The fourth-order valence-corrected chi connectivity index (χ4v) is 1.87. The number of aromatic nitrogens is 2. The fraction of sp³-hybridized carbons (Fsp3) is 0.357. The quantitative estimate of drug-likeness (QED) is 0.842. The third-order valence-electron chi connectivity index (χ3n) is 2.76. The van der Waals surface area contributed by atoms with Crippen molar-refractivity contribution in [3.8, 4) is 11.8 Å². The molecule has 1 aromatic carbocycles.